The van der Waals surface area contributed by atoms with Crippen LogP contribution in [0.4, 0.5) is 4.79 Å². The second-order valence-electron chi connectivity index (χ2n) is 4.46. The highest BCUT2D eigenvalue weighted by atomic mass is 32.1. The highest BCUT2D eigenvalue weighted by Gasteiger charge is 2.08. The number of carbonyl (C=O) groups excluding carboxylic acids is 1. The van der Waals surface area contributed by atoms with E-state index < -0.39 is 6.10 Å². The maximum atomic E-state index is 11.6. The van der Waals surface area contributed by atoms with E-state index >= 15 is 0 Å². The van der Waals surface area contributed by atoms with Crippen LogP contribution in [-0.2, 0) is 6.54 Å². The van der Waals surface area contributed by atoms with E-state index in [0.29, 0.717) is 19.5 Å². The number of urea groups is 1. The first-order chi connectivity index (χ1) is 9.75. The average Bonchev–Trinajstić information content (AvgIpc) is 3.00. The first kappa shape index (κ1) is 14.6. The normalized spacial score (nSPS) is 11.8. The molecule has 0 aliphatic heterocycles. The minimum absolute atomic E-state index is 0.216. The van der Waals surface area contributed by atoms with Crippen LogP contribution in [0, 0.1) is 0 Å². The molecule has 1 aromatic heterocycles. The van der Waals surface area contributed by atoms with Gasteiger partial charge in [0.15, 0.2) is 0 Å². The lowest BCUT2D eigenvalue weighted by molar-refractivity contribution is 0.167. The fourth-order valence-corrected chi connectivity index (χ4v) is 2.50. The Kier molecular flexibility index (Phi) is 5.58. The molecule has 0 saturated heterocycles. The molecule has 1 heterocycles. The second kappa shape index (κ2) is 7.67. The van der Waals surface area contributed by atoms with Gasteiger partial charge >= 0.3 is 6.03 Å². The van der Waals surface area contributed by atoms with E-state index in [2.05, 4.69) is 10.6 Å². The lowest BCUT2D eigenvalue weighted by atomic mass is 10.1. The van der Waals surface area contributed by atoms with Crippen molar-refractivity contribution in [2.24, 2.45) is 0 Å². The molecule has 5 heteroatoms. The maximum Gasteiger partial charge on any atom is 0.315 e. The molecule has 0 spiro atoms. The molecule has 3 N–H and O–H groups in total. The molecule has 4 nitrogen and oxygen atoms in total. The number of hydrogen-bond acceptors (Lipinski definition) is 3. The molecule has 2 amide bonds. The molecular formula is C15H18N2O2S. The van der Waals surface area contributed by atoms with Gasteiger partial charge in [-0.15, -0.1) is 0 Å². The number of carbonyl (C=O) groups is 1. The topological polar surface area (TPSA) is 61.4 Å². The van der Waals surface area contributed by atoms with Gasteiger partial charge in [-0.25, -0.2) is 4.79 Å². The predicted octanol–water partition coefficient (Wildman–Crippen LogP) is 2.67. The molecule has 1 aromatic carbocycles. The summed E-state index contributed by atoms with van der Waals surface area (Å²) in [7, 11) is 0. The van der Waals surface area contributed by atoms with E-state index in [4.69, 9.17) is 0 Å². The third-order valence-electron chi connectivity index (χ3n) is 2.93. The summed E-state index contributed by atoms with van der Waals surface area (Å²) >= 11 is 1.55. The summed E-state index contributed by atoms with van der Waals surface area (Å²) in [6.45, 7) is 0.942. The van der Waals surface area contributed by atoms with Crippen molar-refractivity contribution in [3.8, 4) is 0 Å². The van der Waals surface area contributed by atoms with Crippen molar-refractivity contribution in [2.75, 3.05) is 6.54 Å². The molecule has 106 valence electrons. The van der Waals surface area contributed by atoms with Crippen molar-refractivity contribution in [1.29, 1.82) is 0 Å². The first-order valence-electron chi connectivity index (χ1n) is 6.51. The quantitative estimate of drug-likeness (QED) is 0.766. The Morgan fingerprint density at radius 3 is 2.70 bits per heavy atom. The van der Waals surface area contributed by atoms with Crippen molar-refractivity contribution in [1.82, 2.24) is 10.6 Å². The highest BCUT2D eigenvalue weighted by molar-refractivity contribution is 7.07. The average molecular weight is 290 g/mol. The van der Waals surface area contributed by atoms with Gasteiger partial charge in [-0.3, -0.25) is 0 Å². The summed E-state index contributed by atoms with van der Waals surface area (Å²) < 4.78 is 0. The Morgan fingerprint density at radius 2 is 2.00 bits per heavy atom. The zero-order valence-electron chi connectivity index (χ0n) is 11.1. The zero-order valence-corrected chi connectivity index (χ0v) is 11.9. The minimum Gasteiger partial charge on any atom is -0.388 e. The lowest BCUT2D eigenvalue weighted by Crippen LogP contribution is -2.36. The Labute approximate surface area is 122 Å². The Bertz CT molecular complexity index is 514. The van der Waals surface area contributed by atoms with Gasteiger partial charge in [0.2, 0.25) is 0 Å². The monoisotopic (exact) mass is 290 g/mol. The van der Waals surface area contributed by atoms with Gasteiger partial charge in [0.05, 0.1) is 6.10 Å². The fourth-order valence-electron chi connectivity index (χ4n) is 1.79. The second-order valence-corrected chi connectivity index (χ2v) is 5.24. The van der Waals surface area contributed by atoms with Crippen LogP contribution in [-0.4, -0.2) is 17.7 Å². The third kappa shape index (κ3) is 4.68. The van der Waals surface area contributed by atoms with Gasteiger partial charge in [0, 0.05) is 13.1 Å². The van der Waals surface area contributed by atoms with Crippen molar-refractivity contribution in [2.45, 2.75) is 19.1 Å². The SMILES string of the molecule is O=C(NCCC(O)c1ccsc1)NCc1ccccc1. The number of thiophene rings is 1. The number of aliphatic hydroxyl groups excluding tert-OH is 1. The zero-order chi connectivity index (χ0) is 14.2. The summed E-state index contributed by atoms with van der Waals surface area (Å²) in [6, 6.07) is 11.4. The van der Waals surface area contributed by atoms with Crippen LogP contribution in [0.5, 0.6) is 0 Å². The highest BCUT2D eigenvalue weighted by Crippen LogP contribution is 2.18. The van der Waals surface area contributed by atoms with E-state index in [-0.39, 0.29) is 6.03 Å². The smallest absolute Gasteiger partial charge is 0.315 e. The molecule has 2 aromatic rings. The van der Waals surface area contributed by atoms with Gasteiger partial charge in [0.1, 0.15) is 0 Å². The van der Waals surface area contributed by atoms with E-state index in [0.717, 1.165) is 11.1 Å². The molecule has 0 aliphatic carbocycles. The standard InChI is InChI=1S/C15H18N2O2S/c18-14(13-7-9-20-11-13)6-8-16-15(19)17-10-12-4-2-1-3-5-12/h1-5,7,9,11,14,18H,6,8,10H2,(H2,16,17,19). The number of benzene rings is 1. The Morgan fingerprint density at radius 1 is 1.20 bits per heavy atom. The van der Waals surface area contributed by atoms with Gasteiger partial charge in [0.25, 0.3) is 0 Å². The van der Waals surface area contributed by atoms with E-state index in [1.54, 1.807) is 11.3 Å². The maximum absolute atomic E-state index is 11.6. The summed E-state index contributed by atoms with van der Waals surface area (Å²) in [5.74, 6) is 0. The van der Waals surface area contributed by atoms with Crippen molar-refractivity contribution >= 4 is 17.4 Å². The van der Waals surface area contributed by atoms with Gasteiger partial charge in [-0.2, -0.15) is 11.3 Å². The van der Waals surface area contributed by atoms with E-state index in [1.165, 1.54) is 0 Å². The lowest BCUT2D eigenvalue weighted by Gasteiger charge is -2.11. The summed E-state index contributed by atoms with van der Waals surface area (Å²) in [5, 5.41) is 19.2. The minimum atomic E-state index is -0.518. The fraction of sp³-hybridized carbons (Fsp3) is 0.267. The van der Waals surface area contributed by atoms with Crippen LogP contribution in [0.15, 0.2) is 47.2 Å². The van der Waals surface area contributed by atoms with Crippen LogP contribution in [0.25, 0.3) is 0 Å². The summed E-state index contributed by atoms with van der Waals surface area (Å²) in [4.78, 5) is 11.6. The van der Waals surface area contributed by atoms with E-state index in [9.17, 15) is 9.90 Å². The number of rotatable bonds is 6. The van der Waals surface area contributed by atoms with Crippen molar-refractivity contribution < 1.29 is 9.90 Å². The number of amides is 2. The number of hydrogen-bond donors (Lipinski definition) is 3. The molecule has 0 aliphatic rings. The number of aliphatic hydroxyl groups is 1. The van der Waals surface area contributed by atoms with E-state index in [1.807, 2.05) is 47.2 Å². The molecule has 0 saturated carbocycles. The van der Waals surface area contributed by atoms with Crippen LogP contribution in [0.2, 0.25) is 0 Å². The molecule has 1 unspecified atom stereocenters. The van der Waals surface area contributed by atoms with Crippen LogP contribution in [0.3, 0.4) is 0 Å². The molecule has 0 radical (unpaired) electrons. The largest absolute Gasteiger partial charge is 0.388 e. The van der Waals surface area contributed by atoms with Crippen LogP contribution < -0.4 is 10.6 Å². The summed E-state index contributed by atoms with van der Waals surface area (Å²) in [6.07, 6.45) is -0.00848. The van der Waals surface area contributed by atoms with Crippen LogP contribution >= 0.6 is 11.3 Å². The Hall–Kier alpha value is -1.85. The third-order valence-corrected chi connectivity index (χ3v) is 3.63. The van der Waals surface area contributed by atoms with Crippen molar-refractivity contribution in [3.63, 3.8) is 0 Å². The first-order valence-corrected chi connectivity index (χ1v) is 7.46. The van der Waals surface area contributed by atoms with Gasteiger partial charge < -0.3 is 15.7 Å². The number of nitrogens with one attached hydrogen (secondary N) is 2. The van der Waals surface area contributed by atoms with Gasteiger partial charge in [-0.05, 0) is 34.4 Å². The molecule has 0 fully saturated rings. The molecule has 2 rings (SSSR count). The van der Waals surface area contributed by atoms with Crippen LogP contribution in [0.1, 0.15) is 23.7 Å². The molecular weight excluding hydrogens is 272 g/mol. The molecule has 1 atom stereocenters. The van der Waals surface area contributed by atoms with Crippen molar-refractivity contribution in [3.05, 3.63) is 58.3 Å². The molecule has 0 bridgehead atoms. The summed E-state index contributed by atoms with van der Waals surface area (Å²) in [5.41, 5.74) is 1.96. The molecule has 20 heavy (non-hydrogen) atoms. The Balaban J connectivity index is 1.63. The predicted molar refractivity (Wildman–Crippen MR) is 80.6 cm³/mol. The van der Waals surface area contributed by atoms with Gasteiger partial charge in [-0.1, -0.05) is 30.3 Å².